The van der Waals surface area contributed by atoms with Crippen molar-refractivity contribution in [3.8, 4) is 0 Å². The van der Waals surface area contributed by atoms with E-state index in [4.69, 9.17) is 15.3 Å². The Morgan fingerprint density at radius 1 is 0.437 bits per heavy atom. The van der Waals surface area contributed by atoms with Crippen molar-refractivity contribution >= 4 is 103 Å². The summed E-state index contributed by atoms with van der Waals surface area (Å²) in [5.74, 6) is -6.06. The van der Waals surface area contributed by atoms with Crippen molar-refractivity contribution in [1.82, 2.24) is 10.3 Å². The minimum absolute atomic E-state index is 0.000275. The molecule has 21 heteroatoms. The maximum Gasteiger partial charge on any atom is 0.319 e. The molecule has 0 aliphatic heterocycles. The van der Waals surface area contributed by atoms with Crippen molar-refractivity contribution in [1.29, 1.82) is 0 Å². The second kappa shape index (κ2) is 52.9. The van der Waals surface area contributed by atoms with Gasteiger partial charge in [-0.2, -0.15) is 0 Å². The molecule has 8 aromatic rings. The van der Waals surface area contributed by atoms with Gasteiger partial charge in [0, 0.05) is 91.5 Å². The number of Topliss-reactive ketones (excluding diaryl/α,β-unsaturated/α-hetero) is 6. The van der Waals surface area contributed by atoms with Gasteiger partial charge in [-0.25, -0.2) is 4.79 Å². The third kappa shape index (κ3) is 41.9. The van der Waals surface area contributed by atoms with E-state index in [9.17, 15) is 67.7 Å². The Hall–Kier alpha value is -10.8. The molecule has 1 aromatic heterocycles. The fraction of sp³-hybridized carbons (Fsp3) is 0.429. The van der Waals surface area contributed by atoms with Crippen LogP contribution in [0.3, 0.4) is 0 Å². The summed E-state index contributed by atoms with van der Waals surface area (Å²) in [6.07, 6.45) is 7.30. The van der Waals surface area contributed by atoms with E-state index < -0.39 is 65.0 Å². The van der Waals surface area contributed by atoms with Crippen molar-refractivity contribution in [2.24, 2.45) is 52.8 Å². The number of hydrogen-bond acceptors (Lipinski definition) is 12. The number of carbonyl (C=O) groups excluding carboxylic acids is 7. The van der Waals surface area contributed by atoms with Gasteiger partial charge in [-0.3, -0.25) is 52.7 Å². The maximum absolute atomic E-state index is 12.3. The number of para-hydroxylation sites is 1. The summed E-state index contributed by atoms with van der Waals surface area (Å²) in [7, 11) is 0. The van der Waals surface area contributed by atoms with E-state index in [0.29, 0.717) is 69.4 Å². The number of ketones is 6. The lowest BCUT2D eigenvalue weighted by molar-refractivity contribution is -0.151. The van der Waals surface area contributed by atoms with Gasteiger partial charge in [-0.15, -0.1) is 0 Å². The molecule has 2 amide bonds. The Labute approximate surface area is 711 Å². The monoisotopic (exact) mass is 1700 g/mol. The van der Waals surface area contributed by atoms with Crippen LogP contribution in [-0.4, -0.2) is 107 Å². The number of aromatic amines is 1. The van der Waals surface area contributed by atoms with Crippen LogP contribution in [0, 0.1) is 87.4 Å². The Bertz CT molecular complexity index is 4460. The molecule has 8 N–H and O–H groups in total. The van der Waals surface area contributed by atoms with E-state index in [0.717, 1.165) is 83.0 Å². The molecular weight excluding hydrogens is 1570 g/mol. The van der Waals surface area contributed by atoms with Crippen LogP contribution in [0.1, 0.15) is 202 Å². The normalized spacial score (nSPS) is 12.5. The second-order valence-corrected chi connectivity index (χ2v) is 34.1. The number of amides is 2. The van der Waals surface area contributed by atoms with Gasteiger partial charge in [-0.05, 0) is 168 Å². The number of aliphatic carboxylic acids is 5. The van der Waals surface area contributed by atoms with Crippen molar-refractivity contribution in [2.45, 2.75) is 220 Å². The lowest BCUT2D eigenvalue weighted by Crippen LogP contribution is -2.42. The summed E-state index contributed by atoms with van der Waals surface area (Å²) in [6, 6.07) is 53.1. The first-order valence-corrected chi connectivity index (χ1v) is 41.6. The highest BCUT2D eigenvalue weighted by atomic mass is 79.9. The summed E-state index contributed by atoms with van der Waals surface area (Å²) in [5.41, 5.74) is 12.1. The zero-order valence-corrected chi connectivity index (χ0v) is 73.9. The van der Waals surface area contributed by atoms with Gasteiger partial charge in [0.05, 0.1) is 35.1 Å². The molecule has 0 fully saturated rings. The molecule has 7 aromatic carbocycles. The SMILES string of the molecule is CC(=O)[C@H](CC(C)C)NC(=O)Nc1ccc(Br)cc1.CCC[C@H](CC(=O)Cc1ccc(C)cc1)C(=O)O.Cc1ccc(CC(=O)CC(C)(CC(C)C)C(=O)O)cc1.Cc1ccc(CC(=O)CC(Cc2c[nH]c3ccccc23)C(=O)O)cc1.Cc1ccc(CC(=O)C[C@@H](CC(C)C)C(=O)O)cc1.Cc1ccc(CC(=O)C[C@H](C(=O)O)C(C)C)cc1. The number of carboxylic acids is 5. The first-order chi connectivity index (χ1) is 55.9. The van der Waals surface area contributed by atoms with E-state index in [1.54, 1.807) is 19.1 Å². The molecule has 8 rings (SSSR count). The Kier molecular flexibility index (Phi) is 45.5. The first-order valence-electron chi connectivity index (χ1n) is 40.8. The zero-order chi connectivity index (χ0) is 89.2. The number of aromatic nitrogens is 1. The van der Waals surface area contributed by atoms with Gasteiger partial charge < -0.3 is 41.2 Å². The van der Waals surface area contributed by atoms with Crippen molar-refractivity contribution < 1.29 is 83.1 Å². The number of aryl methyl sites for hydroxylation is 5. The number of nitrogens with one attached hydrogen (secondary N) is 3. The van der Waals surface area contributed by atoms with Crippen molar-refractivity contribution in [3.05, 3.63) is 242 Å². The fourth-order valence-electron chi connectivity index (χ4n) is 13.2. The van der Waals surface area contributed by atoms with Gasteiger partial charge in [0.2, 0.25) is 0 Å². The summed E-state index contributed by atoms with van der Waals surface area (Å²) in [6.45, 7) is 30.7. The number of urea groups is 1. The van der Waals surface area contributed by atoms with Gasteiger partial charge >= 0.3 is 35.9 Å². The summed E-state index contributed by atoms with van der Waals surface area (Å²) >= 11 is 3.33. The predicted octanol–water partition coefficient (Wildman–Crippen LogP) is 20.2. The van der Waals surface area contributed by atoms with Crippen molar-refractivity contribution in [3.63, 3.8) is 0 Å². The topological polar surface area (TPSA) is 346 Å². The number of rotatable bonds is 39. The highest BCUT2D eigenvalue weighted by molar-refractivity contribution is 9.10. The smallest absolute Gasteiger partial charge is 0.319 e. The van der Waals surface area contributed by atoms with E-state index in [2.05, 4.69) is 31.5 Å². The van der Waals surface area contributed by atoms with E-state index >= 15 is 0 Å². The molecule has 119 heavy (non-hydrogen) atoms. The number of H-pyrrole nitrogens is 1. The molecule has 1 heterocycles. The van der Waals surface area contributed by atoms with Gasteiger partial charge in [-0.1, -0.05) is 252 Å². The van der Waals surface area contributed by atoms with E-state index in [1.807, 2.05) is 261 Å². The van der Waals surface area contributed by atoms with Crippen molar-refractivity contribution in [2.75, 3.05) is 5.32 Å². The minimum Gasteiger partial charge on any atom is -0.481 e. The molecule has 2 unspecified atom stereocenters. The van der Waals surface area contributed by atoms with Crippen LogP contribution in [0.4, 0.5) is 10.5 Å². The lowest BCUT2D eigenvalue weighted by atomic mass is 9.77. The summed E-state index contributed by atoms with van der Waals surface area (Å²) < 4.78 is 0.944. The standard InChI is InChI=1S/C21H21NO3.C17H24O3.C16H22O3.2C15H20O3.C14H19BrN2O2/c1-14-6-8-15(9-7-14)10-18(23)12-16(21(24)25)11-17-13-22-20-5-3-2-4-19(17)20;1-12(2)10-17(4,16(19)20)11-15(18)9-14-7-5-13(3)6-8-14;1-11(2)8-14(16(18)19)10-15(17)9-13-6-4-12(3)5-7-13;1-10(2)14(15(17)18)9-13(16)8-12-6-4-11(3)5-7-12;1-3-4-13(15(17)18)10-14(16)9-12-7-5-11(2)6-8-12;1-9(2)8-13(10(3)18)17-14(19)16-12-6-4-11(15)5-7-12/h2-9,13,16,22H,10-12H2,1H3,(H,24,25);5-8,12H,9-11H2,1-4H3,(H,19,20);4-7,11,14H,8-10H2,1-3H3,(H,18,19);4-7,10,14H,8-9H2,1-3H3,(H,17,18);5-8,13H,3-4,9-10H2,1-2H3,(H,17,18);4-7,9,13H,8H2,1-3H3,(H2,16,17,19)/t;;2*14-;2*13-/m..1010/s1. The number of carbonyl (C=O) groups is 12. The molecule has 20 nitrogen and oxygen atoms in total. The molecule has 0 bridgehead atoms. The summed E-state index contributed by atoms with van der Waals surface area (Å²) in [5, 5.41) is 52.5. The quantitative estimate of drug-likeness (QED) is 0.0177. The number of benzene rings is 7. The first kappa shape index (κ1) is 102. The average Bonchev–Trinajstić information content (AvgIpc) is 1.70. The maximum atomic E-state index is 12.3. The molecule has 0 aliphatic carbocycles. The van der Waals surface area contributed by atoms with E-state index in [-0.39, 0.29) is 97.0 Å². The number of anilines is 1. The Morgan fingerprint density at radius 3 is 1.15 bits per heavy atom. The number of hydrogen-bond donors (Lipinski definition) is 8. The van der Waals surface area contributed by atoms with Gasteiger partial charge in [0.15, 0.2) is 5.78 Å². The predicted molar refractivity (Wildman–Crippen MR) is 474 cm³/mol. The third-order valence-electron chi connectivity index (χ3n) is 19.8. The Balaban J connectivity index is 0.000000371. The van der Waals surface area contributed by atoms with Crippen LogP contribution < -0.4 is 10.6 Å². The number of fused-ring (bicyclic) bond motifs is 1. The van der Waals surface area contributed by atoms with Crippen LogP contribution >= 0.6 is 15.9 Å². The molecular formula is C98H126BrN3O17. The highest BCUT2D eigenvalue weighted by Crippen LogP contribution is 2.32. The van der Waals surface area contributed by atoms with E-state index in [1.165, 1.54) is 6.92 Å². The van der Waals surface area contributed by atoms with Crippen LogP contribution in [0.2, 0.25) is 0 Å². The lowest BCUT2D eigenvalue weighted by Gasteiger charge is -2.26. The number of halogens is 1. The average molecular weight is 1700 g/mol. The number of carboxylic acid groups (broad SMARTS) is 5. The molecule has 6 atom stereocenters. The summed E-state index contributed by atoms with van der Waals surface area (Å²) in [4.78, 5) is 143. The van der Waals surface area contributed by atoms with Gasteiger partial charge in [0.25, 0.3) is 0 Å². The molecule has 0 aliphatic rings. The Morgan fingerprint density at radius 2 is 0.807 bits per heavy atom. The highest BCUT2D eigenvalue weighted by Gasteiger charge is 2.36. The zero-order valence-electron chi connectivity index (χ0n) is 72.3. The van der Waals surface area contributed by atoms with Gasteiger partial charge in [0.1, 0.15) is 28.9 Å². The molecule has 0 saturated carbocycles. The molecule has 0 spiro atoms. The molecule has 642 valence electrons. The second-order valence-electron chi connectivity index (χ2n) is 33.1. The largest absolute Gasteiger partial charge is 0.481 e. The molecule has 0 saturated heterocycles. The minimum atomic E-state index is -0.962. The fourth-order valence-corrected chi connectivity index (χ4v) is 13.5. The van der Waals surface area contributed by atoms with Crippen LogP contribution in [0.25, 0.3) is 10.9 Å². The third-order valence-corrected chi connectivity index (χ3v) is 20.3. The van der Waals surface area contributed by atoms with Crippen LogP contribution in [0.15, 0.2) is 181 Å². The van der Waals surface area contributed by atoms with Crippen LogP contribution in [-0.2, 0) is 91.3 Å². The van der Waals surface area contributed by atoms with Crippen LogP contribution in [0.5, 0.6) is 0 Å². The molecule has 0 radical (unpaired) electrons.